The molecule has 0 fully saturated rings. The number of benzene rings is 1. The van der Waals surface area contributed by atoms with Crippen LogP contribution in [0.25, 0.3) is 0 Å². The normalized spacial score (nSPS) is 13.8. The highest BCUT2D eigenvalue weighted by Gasteiger charge is 2.25. The van der Waals surface area contributed by atoms with Gasteiger partial charge in [0, 0.05) is 18.7 Å². The Labute approximate surface area is 106 Å². The number of nitrogens with one attached hydrogen (secondary N) is 1. The number of hydrogen-bond acceptors (Lipinski definition) is 4. The summed E-state index contributed by atoms with van der Waals surface area (Å²) < 4.78 is 22.8. The van der Waals surface area contributed by atoms with Gasteiger partial charge in [-0.05, 0) is 18.2 Å². The Kier molecular flexibility index (Phi) is 5.58. The average Bonchev–Trinajstić information content (AvgIpc) is 2.35. The zero-order chi connectivity index (χ0) is 13.5. The van der Waals surface area contributed by atoms with Crippen LogP contribution in [0.1, 0.15) is 6.92 Å². The predicted molar refractivity (Wildman–Crippen MR) is 66.9 cm³/mol. The van der Waals surface area contributed by atoms with E-state index in [1.54, 1.807) is 19.2 Å². The van der Waals surface area contributed by atoms with Gasteiger partial charge in [-0.2, -0.15) is 0 Å². The van der Waals surface area contributed by atoms with Gasteiger partial charge >= 0.3 is 5.97 Å². The number of carbonyl (C=O) groups is 1. The van der Waals surface area contributed by atoms with Crippen LogP contribution in [0.15, 0.2) is 24.3 Å². The van der Waals surface area contributed by atoms with Gasteiger partial charge in [0.25, 0.3) is 0 Å². The molecule has 0 radical (unpaired) electrons. The second-order valence-corrected chi connectivity index (χ2v) is 4.09. The lowest BCUT2D eigenvalue weighted by Gasteiger charge is -2.23. The first-order chi connectivity index (χ1) is 8.58. The minimum Gasteiger partial charge on any atom is -0.467 e. The number of anilines is 1. The minimum atomic E-state index is -0.572. The molecule has 4 nitrogen and oxygen atoms in total. The van der Waals surface area contributed by atoms with E-state index >= 15 is 0 Å². The molecular weight excluding hydrogens is 237 g/mol. The molecule has 0 amide bonds. The summed E-state index contributed by atoms with van der Waals surface area (Å²) in [5.41, 5.74) is 0.536. The Hall–Kier alpha value is -1.62. The van der Waals surface area contributed by atoms with Crippen LogP contribution in [0, 0.1) is 11.7 Å². The van der Waals surface area contributed by atoms with E-state index in [9.17, 15) is 9.18 Å². The lowest BCUT2D eigenvalue weighted by atomic mass is 10.0. The molecular formula is C13H18FNO3. The molecule has 0 saturated heterocycles. The minimum absolute atomic E-state index is 0.0919. The molecule has 0 aliphatic carbocycles. The lowest BCUT2D eigenvalue weighted by molar-refractivity contribution is -0.143. The lowest BCUT2D eigenvalue weighted by Crippen LogP contribution is -2.38. The highest BCUT2D eigenvalue weighted by Crippen LogP contribution is 2.15. The molecule has 0 aliphatic rings. The molecule has 0 spiro atoms. The summed E-state index contributed by atoms with van der Waals surface area (Å²) in [7, 11) is 2.88. The third kappa shape index (κ3) is 4.00. The Morgan fingerprint density at radius 3 is 2.72 bits per heavy atom. The van der Waals surface area contributed by atoms with Crippen molar-refractivity contribution in [2.75, 3.05) is 26.1 Å². The second kappa shape index (κ2) is 6.96. The van der Waals surface area contributed by atoms with Gasteiger partial charge in [0.15, 0.2) is 0 Å². The average molecular weight is 255 g/mol. The molecule has 5 heteroatoms. The SMILES string of the molecule is COCC(C)C(Nc1cccc(F)c1)C(=O)OC. The molecule has 0 saturated carbocycles. The monoisotopic (exact) mass is 255 g/mol. The molecule has 2 unspecified atom stereocenters. The number of esters is 1. The second-order valence-electron chi connectivity index (χ2n) is 4.09. The van der Waals surface area contributed by atoms with Crippen LogP contribution in [0.3, 0.4) is 0 Å². The summed E-state index contributed by atoms with van der Waals surface area (Å²) in [5.74, 6) is -0.850. The third-order valence-electron chi connectivity index (χ3n) is 2.60. The van der Waals surface area contributed by atoms with Gasteiger partial charge in [0.1, 0.15) is 11.9 Å². The fourth-order valence-corrected chi connectivity index (χ4v) is 1.68. The van der Waals surface area contributed by atoms with Gasteiger partial charge in [0.05, 0.1) is 13.7 Å². The Balaban J connectivity index is 2.81. The van der Waals surface area contributed by atoms with Gasteiger partial charge in [-0.3, -0.25) is 0 Å². The molecule has 1 N–H and O–H groups in total. The summed E-state index contributed by atoms with van der Waals surface area (Å²) in [5, 5.41) is 2.96. The first kappa shape index (κ1) is 14.4. The maximum absolute atomic E-state index is 13.1. The van der Waals surface area contributed by atoms with Crippen LogP contribution >= 0.6 is 0 Å². The predicted octanol–water partition coefficient (Wildman–Crippen LogP) is 2.06. The summed E-state index contributed by atoms with van der Waals surface area (Å²) in [6.07, 6.45) is 0. The van der Waals surface area contributed by atoms with Crippen molar-refractivity contribution in [3.63, 3.8) is 0 Å². The third-order valence-corrected chi connectivity index (χ3v) is 2.60. The molecule has 1 rings (SSSR count). The van der Waals surface area contributed by atoms with Crippen molar-refractivity contribution < 1.29 is 18.7 Å². The van der Waals surface area contributed by atoms with Gasteiger partial charge in [-0.25, -0.2) is 9.18 Å². The zero-order valence-electron chi connectivity index (χ0n) is 10.8. The molecule has 0 bridgehead atoms. The zero-order valence-corrected chi connectivity index (χ0v) is 10.8. The Morgan fingerprint density at radius 1 is 1.44 bits per heavy atom. The van der Waals surface area contributed by atoms with E-state index in [1.165, 1.54) is 19.2 Å². The Morgan fingerprint density at radius 2 is 2.17 bits per heavy atom. The van der Waals surface area contributed by atoms with Crippen molar-refractivity contribution in [1.82, 2.24) is 0 Å². The van der Waals surface area contributed by atoms with E-state index < -0.39 is 12.0 Å². The van der Waals surface area contributed by atoms with Crippen molar-refractivity contribution in [3.05, 3.63) is 30.1 Å². The van der Waals surface area contributed by atoms with Gasteiger partial charge < -0.3 is 14.8 Å². The Bertz CT molecular complexity index is 398. The first-order valence-electron chi connectivity index (χ1n) is 5.67. The number of rotatable bonds is 6. The van der Waals surface area contributed by atoms with Crippen LogP contribution in [0.2, 0.25) is 0 Å². The molecule has 1 aromatic rings. The number of ether oxygens (including phenoxy) is 2. The van der Waals surface area contributed by atoms with Crippen molar-refractivity contribution in [2.45, 2.75) is 13.0 Å². The summed E-state index contributed by atoms with van der Waals surface area (Å²) >= 11 is 0. The maximum atomic E-state index is 13.1. The highest BCUT2D eigenvalue weighted by molar-refractivity contribution is 5.79. The number of halogens is 1. The van der Waals surface area contributed by atoms with Crippen LogP contribution in [-0.2, 0) is 14.3 Å². The first-order valence-corrected chi connectivity index (χ1v) is 5.67. The summed E-state index contributed by atoms with van der Waals surface area (Å²) in [6, 6.07) is 5.37. The summed E-state index contributed by atoms with van der Waals surface area (Å²) in [4.78, 5) is 11.7. The van der Waals surface area contributed by atoms with Crippen molar-refractivity contribution >= 4 is 11.7 Å². The fraction of sp³-hybridized carbons (Fsp3) is 0.462. The van der Waals surface area contributed by atoms with E-state index in [1.807, 2.05) is 6.92 Å². The molecule has 18 heavy (non-hydrogen) atoms. The molecule has 0 aliphatic heterocycles. The fourth-order valence-electron chi connectivity index (χ4n) is 1.68. The number of carbonyl (C=O) groups excluding carboxylic acids is 1. The number of methoxy groups -OCH3 is 2. The standard InChI is InChI=1S/C13H18FNO3/c1-9(8-17-2)12(13(16)18-3)15-11-6-4-5-10(14)7-11/h4-7,9,12,15H,8H2,1-3H3. The van der Waals surface area contributed by atoms with E-state index in [0.717, 1.165) is 0 Å². The van der Waals surface area contributed by atoms with E-state index in [4.69, 9.17) is 9.47 Å². The summed E-state index contributed by atoms with van der Waals surface area (Å²) in [6.45, 7) is 2.26. The largest absolute Gasteiger partial charge is 0.467 e. The highest BCUT2D eigenvalue weighted by atomic mass is 19.1. The maximum Gasteiger partial charge on any atom is 0.328 e. The molecule has 100 valence electrons. The van der Waals surface area contributed by atoms with Gasteiger partial charge in [-0.15, -0.1) is 0 Å². The van der Waals surface area contributed by atoms with Crippen molar-refractivity contribution in [3.8, 4) is 0 Å². The van der Waals surface area contributed by atoms with E-state index in [-0.39, 0.29) is 11.7 Å². The van der Waals surface area contributed by atoms with Crippen molar-refractivity contribution in [1.29, 1.82) is 0 Å². The van der Waals surface area contributed by atoms with Crippen molar-refractivity contribution in [2.24, 2.45) is 5.92 Å². The van der Waals surface area contributed by atoms with Gasteiger partial charge in [-0.1, -0.05) is 13.0 Å². The van der Waals surface area contributed by atoms with Crippen LogP contribution in [0.4, 0.5) is 10.1 Å². The number of hydrogen-bond donors (Lipinski definition) is 1. The molecule has 0 aromatic heterocycles. The quantitative estimate of drug-likeness (QED) is 0.790. The van der Waals surface area contributed by atoms with E-state index in [0.29, 0.717) is 12.3 Å². The van der Waals surface area contributed by atoms with Gasteiger partial charge in [0.2, 0.25) is 0 Å². The molecule has 2 atom stereocenters. The smallest absolute Gasteiger partial charge is 0.328 e. The van der Waals surface area contributed by atoms with Crippen LogP contribution in [-0.4, -0.2) is 32.8 Å². The topological polar surface area (TPSA) is 47.6 Å². The van der Waals surface area contributed by atoms with E-state index in [2.05, 4.69) is 5.32 Å². The molecule has 1 aromatic carbocycles. The van der Waals surface area contributed by atoms with Crippen LogP contribution in [0.5, 0.6) is 0 Å². The molecule has 0 heterocycles. The van der Waals surface area contributed by atoms with Crippen LogP contribution < -0.4 is 5.32 Å².